The van der Waals surface area contributed by atoms with E-state index in [1.54, 1.807) is 30.3 Å². The summed E-state index contributed by atoms with van der Waals surface area (Å²) in [7, 11) is 3.48. The molecule has 1 fully saturated rings. The molecule has 0 aliphatic carbocycles. The number of thiazole rings is 1. The molecule has 0 spiro atoms. The predicted molar refractivity (Wildman–Crippen MR) is 109 cm³/mol. The summed E-state index contributed by atoms with van der Waals surface area (Å²) in [6, 6.07) is 0. The molecule has 1 aromatic rings. The van der Waals surface area contributed by atoms with Crippen molar-refractivity contribution in [3.8, 4) is 0 Å². The van der Waals surface area contributed by atoms with Gasteiger partial charge in [-0.2, -0.15) is 0 Å². The van der Waals surface area contributed by atoms with Gasteiger partial charge in [0.2, 0.25) is 5.91 Å². The Bertz CT molecular complexity index is 572. The SMILES string of the molecule is CC(CNC(=NCC(=O)N(C)C)NCCCN1CCOCC1)c1nccs1. The fourth-order valence-electron chi connectivity index (χ4n) is 2.61. The van der Waals surface area contributed by atoms with Gasteiger partial charge in [0.1, 0.15) is 6.54 Å². The number of hydrogen-bond donors (Lipinski definition) is 2. The van der Waals surface area contributed by atoms with Crippen LogP contribution in [-0.4, -0.2) is 93.2 Å². The van der Waals surface area contributed by atoms with Crippen molar-refractivity contribution in [3.05, 3.63) is 16.6 Å². The van der Waals surface area contributed by atoms with Gasteiger partial charge in [-0.3, -0.25) is 9.69 Å². The molecule has 0 aromatic carbocycles. The monoisotopic (exact) mass is 396 g/mol. The van der Waals surface area contributed by atoms with E-state index >= 15 is 0 Å². The van der Waals surface area contributed by atoms with E-state index in [0.29, 0.717) is 5.96 Å². The third-order valence-electron chi connectivity index (χ3n) is 4.37. The van der Waals surface area contributed by atoms with Crippen LogP contribution in [0.2, 0.25) is 0 Å². The maximum Gasteiger partial charge on any atom is 0.243 e. The van der Waals surface area contributed by atoms with E-state index in [2.05, 4.69) is 32.4 Å². The zero-order valence-electron chi connectivity index (χ0n) is 16.6. The molecule has 1 amide bonds. The lowest BCUT2D eigenvalue weighted by Crippen LogP contribution is -2.42. The molecule has 1 unspecified atom stereocenters. The lowest BCUT2D eigenvalue weighted by Gasteiger charge is -2.26. The second kappa shape index (κ2) is 11.9. The third kappa shape index (κ3) is 8.23. The highest BCUT2D eigenvalue weighted by atomic mass is 32.1. The Morgan fingerprint density at radius 3 is 2.85 bits per heavy atom. The van der Waals surface area contributed by atoms with Gasteiger partial charge in [0.15, 0.2) is 5.96 Å². The molecular weight excluding hydrogens is 364 g/mol. The van der Waals surface area contributed by atoms with E-state index in [9.17, 15) is 4.79 Å². The van der Waals surface area contributed by atoms with Crippen molar-refractivity contribution in [2.75, 3.05) is 66.6 Å². The highest BCUT2D eigenvalue weighted by Gasteiger charge is 2.11. The quantitative estimate of drug-likeness (QED) is 0.361. The minimum absolute atomic E-state index is 0.0163. The molecule has 1 saturated heterocycles. The number of ether oxygens (including phenoxy) is 1. The second-order valence-corrected chi connectivity index (χ2v) is 7.77. The van der Waals surface area contributed by atoms with Crippen LogP contribution >= 0.6 is 11.3 Å². The highest BCUT2D eigenvalue weighted by molar-refractivity contribution is 7.09. The van der Waals surface area contributed by atoms with Crippen LogP contribution in [0.5, 0.6) is 0 Å². The molecule has 27 heavy (non-hydrogen) atoms. The van der Waals surface area contributed by atoms with Crippen LogP contribution in [0, 0.1) is 0 Å². The Kier molecular flexibility index (Phi) is 9.51. The molecule has 1 atom stereocenters. The number of aliphatic imine (C=N–C) groups is 1. The van der Waals surface area contributed by atoms with Gasteiger partial charge >= 0.3 is 0 Å². The number of guanidine groups is 1. The molecule has 0 bridgehead atoms. The molecular formula is C18H32N6O2S. The Balaban J connectivity index is 1.78. The smallest absolute Gasteiger partial charge is 0.243 e. The summed E-state index contributed by atoms with van der Waals surface area (Å²) in [4.78, 5) is 24.6. The van der Waals surface area contributed by atoms with Crippen molar-refractivity contribution < 1.29 is 9.53 Å². The third-order valence-corrected chi connectivity index (χ3v) is 5.37. The maximum atomic E-state index is 11.8. The average molecular weight is 397 g/mol. The van der Waals surface area contributed by atoms with Crippen LogP contribution in [0.3, 0.4) is 0 Å². The van der Waals surface area contributed by atoms with Gasteiger partial charge in [-0.25, -0.2) is 9.98 Å². The first-order valence-corrected chi connectivity index (χ1v) is 10.4. The largest absolute Gasteiger partial charge is 0.379 e. The normalized spacial score (nSPS) is 16.8. The number of amides is 1. The zero-order chi connectivity index (χ0) is 19.5. The average Bonchev–Trinajstić information content (AvgIpc) is 3.21. The van der Waals surface area contributed by atoms with Gasteiger partial charge in [0.05, 0.1) is 18.2 Å². The summed E-state index contributed by atoms with van der Waals surface area (Å²) in [5, 5.41) is 9.77. The van der Waals surface area contributed by atoms with E-state index in [1.165, 1.54) is 0 Å². The number of carbonyl (C=O) groups is 1. The van der Waals surface area contributed by atoms with Crippen molar-refractivity contribution in [2.24, 2.45) is 4.99 Å². The standard InChI is InChI=1S/C18H32N6O2S/c1-15(17-19-6-12-27-17)13-21-18(22-14-16(25)23(2)3)20-5-4-7-24-8-10-26-11-9-24/h6,12,15H,4-5,7-11,13-14H2,1-3H3,(H2,20,21,22). The molecule has 1 aromatic heterocycles. The number of nitrogens with zero attached hydrogens (tertiary/aromatic N) is 4. The molecule has 2 heterocycles. The van der Waals surface area contributed by atoms with E-state index in [-0.39, 0.29) is 18.4 Å². The molecule has 0 saturated carbocycles. The van der Waals surface area contributed by atoms with E-state index in [4.69, 9.17) is 4.74 Å². The molecule has 2 rings (SSSR count). The lowest BCUT2D eigenvalue weighted by molar-refractivity contribution is -0.127. The van der Waals surface area contributed by atoms with Crippen molar-refractivity contribution in [1.29, 1.82) is 0 Å². The summed E-state index contributed by atoms with van der Waals surface area (Å²) in [5.74, 6) is 0.947. The summed E-state index contributed by atoms with van der Waals surface area (Å²) in [6.45, 7) is 8.49. The Labute approximate surface area is 166 Å². The summed E-state index contributed by atoms with van der Waals surface area (Å²) in [5.41, 5.74) is 0. The zero-order valence-corrected chi connectivity index (χ0v) is 17.4. The fourth-order valence-corrected chi connectivity index (χ4v) is 3.31. The van der Waals surface area contributed by atoms with Gasteiger partial charge in [-0.1, -0.05) is 6.92 Å². The number of nitrogens with one attached hydrogen (secondary N) is 2. The second-order valence-electron chi connectivity index (χ2n) is 6.84. The van der Waals surface area contributed by atoms with Gasteiger partial charge in [0, 0.05) is 57.8 Å². The van der Waals surface area contributed by atoms with Crippen LogP contribution in [0.1, 0.15) is 24.3 Å². The van der Waals surface area contributed by atoms with Crippen LogP contribution in [0.4, 0.5) is 0 Å². The predicted octanol–water partition coefficient (Wildman–Crippen LogP) is 0.592. The number of carbonyl (C=O) groups excluding carboxylic acids is 1. The van der Waals surface area contributed by atoms with Crippen LogP contribution in [-0.2, 0) is 9.53 Å². The van der Waals surface area contributed by atoms with Crippen molar-refractivity contribution >= 4 is 23.2 Å². The van der Waals surface area contributed by atoms with Crippen LogP contribution in [0.15, 0.2) is 16.6 Å². The minimum atomic E-state index is -0.0163. The number of rotatable bonds is 9. The molecule has 2 N–H and O–H groups in total. The molecule has 9 heteroatoms. The number of likely N-dealkylation sites (N-methyl/N-ethyl adjacent to an activating group) is 1. The van der Waals surface area contributed by atoms with Crippen LogP contribution < -0.4 is 10.6 Å². The Morgan fingerprint density at radius 1 is 1.41 bits per heavy atom. The van der Waals surface area contributed by atoms with Gasteiger partial charge < -0.3 is 20.3 Å². The van der Waals surface area contributed by atoms with Gasteiger partial charge in [0.25, 0.3) is 0 Å². The number of aromatic nitrogens is 1. The summed E-state index contributed by atoms with van der Waals surface area (Å²) >= 11 is 1.65. The first kappa shape index (κ1) is 21.6. The summed E-state index contributed by atoms with van der Waals surface area (Å²) < 4.78 is 5.38. The number of hydrogen-bond acceptors (Lipinski definition) is 6. The van der Waals surface area contributed by atoms with Crippen molar-refractivity contribution in [2.45, 2.75) is 19.3 Å². The summed E-state index contributed by atoms with van der Waals surface area (Å²) in [6.07, 6.45) is 2.84. The Hall–Kier alpha value is -1.71. The molecule has 8 nitrogen and oxygen atoms in total. The van der Waals surface area contributed by atoms with E-state index in [0.717, 1.165) is 57.4 Å². The number of morpholine rings is 1. The maximum absolute atomic E-state index is 11.8. The van der Waals surface area contributed by atoms with Gasteiger partial charge in [-0.05, 0) is 13.0 Å². The first-order valence-electron chi connectivity index (χ1n) is 9.48. The van der Waals surface area contributed by atoms with Crippen LogP contribution in [0.25, 0.3) is 0 Å². The molecule has 1 aliphatic heterocycles. The Morgan fingerprint density at radius 2 is 2.19 bits per heavy atom. The van der Waals surface area contributed by atoms with E-state index < -0.39 is 0 Å². The van der Waals surface area contributed by atoms with Crippen molar-refractivity contribution in [1.82, 2.24) is 25.4 Å². The molecule has 1 aliphatic rings. The van der Waals surface area contributed by atoms with Gasteiger partial charge in [-0.15, -0.1) is 11.3 Å². The highest BCUT2D eigenvalue weighted by Crippen LogP contribution is 2.16. The lowest BCUT2D eigenvalue weighted by atomic mass is 10.2. The fraction of sp³-hybridized carbons (Fsp3) is 0.722. The molecule has 0 radical (unpaired) electrons. The minimum Gasteiger partial charge on any atom is -0.379 e. The topological polar surface area (TPSA) is 82.1 Å². The van der Waals surface area contributed by atoms with Crippen molar-refractivity contribution in [3.63, 3.8) is 0 Å². The molecule has 152 valence electrons. The van der Waals surface area contributed by atoms with E-state index in [1.807, 2.05) is 11.6 Å². The first-order chi connectivity index (χ1) is 13.1.